The Bertz CT molecular complexity index is 801. The van der Waals surface area contributed by atoms with E-state index in [9.17, 15) is 0 Å². The molecule has 1 aliphatic rings. The highest BCUT2D eigenvalue weighted by Gasteiger charge is 2.14. The second-order valence-corrected chi connectivity index (χ2v) is 5.12. The van der Waals surface area contributed by atoms with Crippen molar-refractivity contribution in [1.82, 2.24) is 0 Å². The summed E-state index contributed by atoms with van der Waals surface area (Å²) < 4.78 is 0. The molecule has 0 unspecified atom stereocenters. The van der Waals surface area contributed by atoms with Gasteiger partial charge >= 0.3 is 0 Å². The quantitative estimate of drug-likeness (QED) is 0.406. The lowest BCUT2D eigenvalue weighted by Gasteiger charge is -2.06. The minimum Gasteiger partial charge on any atom is -0.0888 e. The number of rotatable bonds is 0. The van der Waals surface area contributed by atoms with E-state index in [1.807, 2.05) is 25.7 Å². The summed E-state index contributed by atoms with van der Waals surface area (Å²) >= 11 is 0. The van der Waals surface area contributed by atoms with Gasteiger partial charge in [-0.15, -0.1) is 0 Å². The highest BCUT2D eigenvalue weighted by molar-refractivity contribution is 6.04. The van der Waals surface area contributed by atoms with E-state index in [0.717, 1.165) is 11.5 Å². The third kappa shape index (κ3) is 2.30. The van der Waals surface area contributed by atoms with Crippen LogP contribution in [0, 0.1) is 43.4 Å². The Kier molecular flexibility index (Phi) is 3.13. The molecule has 0 heterocycles. The molecule has 1 saturated carbocycles. The fourth-order valence-electron chi connectivity index (χ4n) is 2.74. The SMILES string of the molecule is C(#Cc1c2ccccc2cc2ccccc12)[C]1[CH][CH][CH][CH]1. The number of hydrogen-bond acceptors (Lipinski definition) is 0. The topological polar surface area (TPSA) is 0 Å². The van der Waals surface area contributed by atoms with Crippen LogP contribution in [0.4, 0.5) is 0 Å². The van der Waals surface area contributed by atoms with Gasteiger partial charge in [0.25, 0.3) is 0 Å². The van der Waals surface area contributed by atoms with E-state index in [2.05, 4.69) is 66.4 Å². The normalized spacial score (nSPS) is 15.2. The molecule has 21 heavy (non-hydrogen) atoms. The summed E-state index contributed by atoms with van der Waals surface area (Å²) in [6, 6.07) is 19.1. The number of fused-ring (bicyclic) bond motifs is 2. The molecule has 1 fully saturated rings. The average molecular weight is 265 g/mol. The van der Waals surface area contributed by atoms with Crippen LogP contribution in [0.2, 0.25) is 0 Å². The zero-order valence-corrected chi connectivity index (χ0v) is 11.5. The highest BCUT2D eigenvalue weighted by atomic mass is 14.2. The van der Waals surface area contributed by atoms with Crippen molar-refractivity contribution in [2.75, 3.05) is 0 Å². The fraction of sp³-hybridized carbons (Fsp3) is 0. The van der Waals surface area contributed by atoms with Crippen molar-refractivity contribution in [2.24, 2.45) is 0 Å². The molecule has 0 heteroatoms. The minimum absolute atomic E-state index is 1.06. The molecule has 0 atom stereocenters. The summed E-state index contributed by atoms with van der Waals surface area (Å²) in [6.45, 7) is 0. The van der Waals surface area contributed by atoms with Gasteiger partial charge in [0.1, 0.15) is 0 Å². The Morgan fingerprint density at radius 3 is 1.81 bits per heavy atom. The molecule has 3 aromatic rings. The van der Waals surface area contributed by atoms with Gasteiger partial charge in [-0.25, -0.2) is 0 Å². The standard InChI is InChI=1S/C21H13/c1-2-8-16(7-1)13-14-21-19-11-5-3-9-17(19)15-18-10-4-6-12-20(18)21/h1-12,15H. The minimum atomic E-state index is 1.06. The van der Waals surface area contributed by atoms with Crippen LogP contribution in [0.5, 0.6) is 0 Å². The molecule has 0 bridgehead atoms. The molecule has 97 valence electrons. The summed E-state index contributed by atoms with van der Waals surface area (Å²) in [4.78, 5) is 0. The van der Waals surface area contributed by atoms with Gasteiger partial charge in [0.2, 0.25) is 0 Å². The van der Waals surface area contributed by atoms with Crippen LogP contribution in [0.25, 0.3) is 21.5 Å². The Balaban J connectivity index is 1.97. The predicted molar refractivity (Wildman–Crippen MR) is 88.8 cm³/mol. The average Bonchev–Trinajstić information content (AvgIpc) is 3.05. The van der Waals surface area contributed by atoms with Crippen molar-refractivity contribution < 1.29 is 0 Å². The van der Waals surface area contributed by atoms with Crippen molar-refractivity contribution in [3.05, 3.63) is 91.8 Å². The maximum Gasteiger partial charge on any atom is 0.0558 e. The predicted octanol–water partition coefficient (Wildman–Crippen LogP) is 4.75. The summed E-state index contributed by atoms with van der Waals surface area (Å²) in [6.07, 6.45) is 8.12. The first kappa shape index (κ1) is 12.5. The van der Waals surface area contributed by atoms with Gasteiger partial charge in [-0.2, -0.15) is 0 Å². The van der Waals surface area contributed by atoms with Crippen LogP contribution in [0.3, 0.4) is 0 Å². The first-order valence-electron chi connectivity index (χ1n) is 7.06. The lowest BCUT2D eigenvalue weighted by molar-refractivity contribution is 1.43. The lowest BCUT2D eigenvalue weighted by atomic mass is 9.96. The summed E-state index contributed by atoms with van der Waals surface area (Å²) in [5, 5.41) is 4.91. The van der Waals surface area contributed by atoms with E-state index >= 15 is 0 Å². The Hall–Kier alpha value is -2.26. The van der Waals surface area contributed by atoms with Gasteiger partial charge in [-0.1, -0.05) is 60.4 Å². The van der Waals surface area contributed by atoms with E-state index in [-0.39, 0.29) is 0 Å². The van der Waals surface area contributed by atoms with Crippen LogP contribution < -0.4 is 0 Å². The van der Waals surface area contributed by atoms with Crippen LogP contribution in [0.15, 0.2) is 54.6 Å². The van der Waals surface area contributed by atoms with E-state index in [1.54, 1.807) is 0 Å². The fourth-order valence-corrected chi connectivity index (χ4v) is 2.74. The maximum atomic E-state index is 3.38. The van der Waals surface area contributed by atoms with E-state index in [0.29, 0.717) is 0 Å². The Morgan fingerprint density at radius 1 is 0.619 bits per heavy atom. The number of hydrogen-bond donors (Lipinski definition) is 0. The Labute approximate surface area is 125 Å². The second-order valence-electron chi connectivity index (χ2n) is 5.12. The van der Waals surface area contributed by atoms with Gasteiger partial charge in [0, 0.05) is 5.56 Å². The summed E-state index contributed by atoms with van der Waals surface area (Å²) in [5.74, 6) is 7.72. The first-order valence-corrected chi connectivity index (χ1v) is 7.06. The third-order valence-corrected chi connectivity index (χ3v) is 3.77. The van der Waals surface area contributed by atoms with Crippen molar-refractivity contribution >= 4 is 21.5 Å². The molecule has 0 aliphatic heterocycles. The molecule has 5 radical (unpaired) electrons. The molecule has 1 aliphatic carbocycles. The number of benzene rings is 3. The first-order chi connectivity index (χ1) is 10.4. The zero-order valence-electron chi connectivity index (χ0n) is 11.5. The molecule has 3 aromatic carbocycles. The van der Waals surface area contributed by atoms with Crippen molar-refractivity contribution in [2.45, 2.75) is 0 Å². The molecule has 0 amide bonds. The van der Waals surface area contributed by atoms with Crippen LogP contribution in [0.1, 0.15) is 5.56 Å². The molecule has 0 spiro atoms. The van der Waals surface area contributed by atoms with Gasteiger partial charge in [-0.3, -0.25) is 0 Å². The van der Waals surface area contributed by atoms with Crippen LogP contribution in [-0.2, 0) is 0 Å². The van der Waals surface area contributed by atoms with Gasteiger partial charge in [-0.05, 0) is 53.3 Å². The molecule has 0 nitrogen and oxygen atoms in total. The van der Waals surface area contributed by atoms with Gasteiger partial charge < -0.3 is 0 Å². The lowest BCUT2D eigenvalue weighted by Crippen LogP contribution is -1.88. The molecular formula is C21H13. The summed E-state index contributed by atoms with van der Waals surface area (Å²) in [5.41, 5.74) is 1.12. The Morgan fingerprint density at radius 2 is 1.19 bits per heavy atom. The van der Waals surface area contributed by atoms with Crippen LogP contribution >= 0.6 is 0 Å². The molecule has 0 N–H and O–H groups in total. The van der Waals surface area contributed by atoms with Crippen molar-refractivity contribution in [1.29, 1.82) is 0 Å². The largest absolute Gasteiger partial charge is 0.0888 e. The molecule has 4 rings (SSSR count). The molecular weight excluding hydrogens is 252 g/mol. The molecule has 0 aromatic heterocycles. The van der Waals surface area contributed by atoms with E-state index in [4.69, 9.17) is 0 Å². The zero-order chi connectivity index (χ0) is 14.1. The molecule has 0 saturated heterocycles. The van der Waals surface area contributed by atoms with Crippen molar-refractivity contribution in [3.8, 4) is 11.8 Å². The summed E-state index contributed by atoms with van der Waals surface area (Å²) in [7, 11) is 0. The second kappa shape index (κ2) is 5.26. The van der Waals surface area contributed by atoms with Crippen molar-refractivity contribution in [3.63, 3.8) is 0 Å². The van der Waals surface area contributed by atoms with Gasteiger partial charge in [0.05, 0.1) is 5.92 Å². The van der Waals surface area contributed by atoms with Gasteiger partial charge in [0.15, 0.2) is 0 Å². The van der Waals surface area contributed by atoms with E-state index in [1.165, 1.54) is 21.5 Å². The monoisotopic (exact) mass is 265 g/mol. The third-order valence-electron chi connectivity index (χ3n) is 3.77. The van der Waals surface area contributed by atoms with Crippen LogP contribution in [-0.4, -0.2) is 0 Å². The maximum absolute atomic E-state index is 3.38. The smallest absolute Gasteiger partial charge is 0.0558 e. The highest BCUT2D eigenvalue weighted by Crippen LogP contribution is 2.28. The van der Waals surface area contributed by atoms with E-state index < -0.39 is 0 Å².